The molecule has 0 spiro atoms. The molecule has 0 saturated carbocycles. The number of halogens is 2. The second-order valence-corrected chi connectivity index (χ2v) is 10.3. The molecule has 0 atom stereocenters. The van der Waals surface area contributed by atoms with Crippen LogP contribution in [0.1, 0.15) is 25.1 Å². The summed E-state index contributed by atoms with van der Waals surface area (Å²) in [5, 5.41) is 11.8. The van der Waals surface area contributed by atoms with Gasteiger partial charge in [0.15, 0.2) is 5.82 Å². The van der Waals surface area contributed by atoms with Gasteiger partial charge in [0.1, 0.15) is 11.6 Å². The summed E-state index contributed by atoms with van der Waals surface area (Å²) in [6.45, 7) is 0.384. The van der Waals surface area contributed by atoms with Gasteiger partial charge in [-0.2, -0.15) is 4.31 Å². The standard InChI is InChI=1S/C22H23ClFN5O3S/c1-28(33(31,32)17-9-6-15(24)7-10-17)14-21(30)25-16-8-11-19(23)18(13-16)22-27-26-20-5-3-2-4-12-29(20)22/h6-11,13H,2-5,12,14H2,1H3,(H,25,30). The Hall–Kier alpha value is -2.82. The van der Waals surface area contributed by atoms with E-state index in [-0.39, 0.29) is 4.90 Å². The maximum Gasteiger partial charge on any atom is 0.243 e. The second kappa shape index (κ2) is 9.58. The van der Waals surface area contributed by atoms with Crippen LogP contribution in [0.3, 0.4) is 0 Å². The van der Waals surface area contributed by atoms with Gasteiger partial charge in [0.05, 0.1) is 16.5 Å². The number of anilines is 1. The summed E-state index contributed by atoms with van der Waals surface area (Å²) in [5.74, 6) is 0.485. The molecule has 1 N–H and O–H groups in total. The number of nitrogens with zero attached hydrogens (tertiary/aromatic N) is 4. The Morgan fingerprint density at radius 1 is 1.15 bits per heavy atom. The molecule has 0 unspecified atom stereocenters. The molecule has 0 radical (unpaired) electrons. The van der Waals surface area contributed by atoms with Gasteiger partial charge in [-0.1, -0.05) is 18.0 Å². The van der Waals surface area contributed by atoms with Crippen molar-refractivity contribution in [2.45, 2.75) is 37.1 Å². The molecule has 1 aliphatic rings. The summed E-state index contributed by atoms with van der Waals surface area (Å²) >= 11 is 6.42. The van der Waals surface area contributed by atoms with Crippen LogP contribution in [0.5, 0.6) is 0 Å². The fourth-order valence-electron chi connectivity index (χ4n) is 3.73. The molecule has 11 heteroatoms. The number of aromatic nitrogens is 3. The molecule has 0 bridgehead atoms. The van der Waals surface area contributed by atoms with E-state index in [2.05, 4.69) is 20.1 Å². The molecule has 33 heavy (non-hydrogen) atoms. The van der Waals surface area contributed by atoms with Crippen LogP contribution in [0.2, 0.25) is 5.02 Å². The van der Waals surface area contributed by atoms with Crippen molar-refractivity contribution in [1.29, 1.82) is 0 Å². The van der Waals surface area contributed by atoms with E-state index in [1.807, 2.05) is 0 Å². The van der Waals surface area contributed by atoms with Crippen LogP contribution < -0.4 is 5.32 Å². The van der Waals surface area contributed by atoms with Crippen LogP contribution >= 0.6 is 11.6 Å². The van der Waals surface area contributed by atoms with Crippen LogP contribution in [-0.2, 0) is 27.8 Å². The quantitative estimate of drug-likeness (QED) is 0.566. The third-order valence-corrected chi connectivity index (χ3v) is 7.64. The molecule has 1 aliphatic heterocycles. The van der Waals surface area contributed by atoms with Gasteiger partial charge < -0.3 is 9.88 Å². The van der Waals surface area contributed by atoms with Crippen molar-refractivity contribution in [1.82, 2.24) is 19.1 Å². The highest BCUT2D eigenvalue weighted by Gasteiger charge is 2.23. The van der Waals surface area contributed by atoms with Crippen LogP contribution in [-0.4, -0.2) is 47.0 Å². The molecule has 3 aromatic rings. The Morgan fingerprint density at radius 3 is 2.67 bits per heavy atom. The molecule has 2 aromatic carbocycles. The van der Waals surface area contributed by atoms with E-state index in [9.17, 15) is 17.6 Å². The van der Waals surface area contributed by atoms with Gasteiger partial charge in [0.2, 0.25) is 15.9 Å². The van der Waals surface area contributed by atoms with Gasteiger partial charge in [-0.05, 0) is 55.3 Å². The van der Waals surface area contributed by atoms with Crippen LogP contribution in [0.25, 0.3) is 11.4 Å². The zero-order chi connectivity index (χ0) is 23.6. The van der Waals surface area contributed by atoms with E-state index in [0.29, 0.717) is 22.1 Å². The highest BCUT2D eigenvalue weighted by atomic mass is 35.5. The maximum atomic E-state index is 13.1. The number of amides is 1. The summed E-state index contributed by atoms with van der Waals surface area (Å²) in [4.78, 5) is 12.5. The lowest BCUT2D eigenvalue weighted by Crippen LogP contribution is -2.35. The lowest BCUT2D eigenvalue weighted by molar-refractivity contribution is -0.116. The van der Waals surface area contributed by atoms with Crippen LogP contribution in [0.15, 0.2) is 47.4 Å². The minimum Gasteiger partial charge on any atom is -0.325 e. The fourth-order valence-corrected chi connectivity index (χ4v) is 5.06. The molecule has 4 rings (SSSR count). The minimum atomic E-state index is -3.94. The van der Waals surface area contributed by atoms with Crippen molar-refractivity contribution < 1.29 is 17.6 Å². The highest BCUT2D eigenvalue weighted by molar-refractivity contribution is 7.89. The molecule has 0 aliphatic carbocycles. The Kier molecular flexibility index (Phi) is 6.78. The Balaban J connectivity index is 1.50. The largest absolute Gasteiger partial charge is 0.325 e. The first kappa shape index (κ1) is 23.3. The number of sulfonamides is 1. The number of carbonyl (C=O) groups is 1. The van der Waals surface area contributed by atoms with Crippen LogP contribution in [0, 0.1) is 5.82 Å². The van der Waals surface area contributed by atoms with Gasteiger partial charge in [-0.25, -0.2) is 12.8 Å². The van der Waals surface area contributed by atoms with Crippen molar-refractivity contribution in [2.75, 3.05) is 18.9 Å². The third-order valence-electron chi connectivity index (χ3n) is 5.49. The summed E-state index contributed by atoms with van der Waals surface area (Å²) in [5.41, 5.74) is 1.10. The van der Waals surface area contributed by atoms with Crippen molar-refractivity contribution in [2.24, 2.45) is 0 Å². The zero-order valence-corrected chi connectivity index (χ0v) is 19.5. The Morgan fingerprint density at radius 2 is 1.91 bits per heavy atom. The summed E-state index contributed by atoms with van der Waals surface area (Å²) < 4.78 is 41.4. The monoisotopic (exact) mass is 491 g/mol. The number of carbonyl (C=O) groups excluding carboxylic acids is 1. The molecule has 1 amide bonds. The number of aryl methyl sites for hydroxylation is 1. The topological polar surface area (TPSA) is 97.2 Å². The van der Waals surface area contributed by atoms with Crippen molar-refractivity contribution in [3.63, 3.8) is 0 Å². The fraction of sp³-hybridized carbons (Fsp3) is 0.318. The third kappa shape index (κ3) is 5.07. The minimum absolute atomic E-state index is 0.0968. The van der Waals surface area contributed by atoms with E-state index in [1.54, 1.807) is 18.2 Å². The Bertz CT molecular complexity index is 1280. The van der Waals surface area contributed by atoms with Crippen molar-refractivity contribution in [3.05, 3.63) is 59.1 Å². The predicted octanol–water partition coefficient (Wildman–Crippen LogP) is 3.72. The number of rotatable bonds is 6. The van der Waals surface area contributed by atoms with Crippen molar-refractivity contribution in [3.8, 4) is 11.4 Å². The second-order valence-electron chi connectivity index (χ2n) is 7.86. The lowest BCUT2D eigenvalue weighted by Gasteiger charge is -2.17. The number of hydrogen-bond acceptors (Lipinski definition) is 5. The number of fused-ring (bicyclic) bond motifs is 1. The normalized spacial score (nSPS) is 14.1. The van der Waals surface area contributed by atoms with E-state index in [1.165, 1.54) is 7.05 Å². The average molecular weight is 492 g/mol. The summed E-state index contributed by atoms with van der Waals surface area (Å²) in [7, 11) is -2.66. The van der Waals surface area contributed by atoms with Gasteiger partial charge in [-0.3, -0.25) is 4.79 Å². The number of likely N-dealkylation sites (N-methyl/N-ethyl adjacent to an activating group) is 1. The highest BCUT2D eigenvalue weighted by Crippen LogP contribution is 2.31. The summed E-state index contributed by atoms with van der Waals surface area (Å²) in [6, 6.07) is 9.43. The van der Waals surface area contributed by atoms with Crippen LogP contribution in [0.4, 0.5) is 10.1 Å². The zero-order valence-electron chi connectivity index (χ0n) is 18.0. The number of hydrogen-bond donors (Lipinski definition) is 1. The molecule has 8 nitrogen and oxygen atoms in total. The molecule has 1 aromatic heterocycles. The van der Waals surface area contributed by atoms with E-state index >= 15 is 0 Å². The predicted molar refractivity (Wildman–Crippen MR) is 123 cm³/mol. The molecule has 174 valence electrons. The Labute approximate surface area is 196 Å². The van der Waals surface area contributed by atoms with Crippen molar-refractivity contribution >= 4 is 33.2 Å². The molecule has 0 saturated heterocycles. The van der Waals surface area contributed by atoms with Gasteiger partial charge in [0, 0.05) is 31.3 Å². The number of benzene rings is 2. The van der Waals surface area contributed by atoms with Gasteiger partial charge in [0.25, 0.3) is 0 Å². The number of nitrogens with one attached hydrogen (secondary N) is 1. The van der Waals surface area contributed by atoms with E-state index < -0.39 is 28.3 Å². The first-order chi connectivity index (χ1) is 15.8. The van der Waals surface area contributed by atoms with Gasteiger partial charge >= 0.3 is 0 Å². The molecular formula is C22H23ClFN5O3S. The maximum absolute atomic E-state index is 13.1. The smallest absolute Gasteiger partial charge is 0.243 e. The SMILES string of the molecule is CN(CC(=O)Nc1ccc(Cl)c(-c2nnc3n2CCCCC3)c1)S(=O)(=O)c1ccc(F)cc1. The van der Waals surface area contributed by atoms with E-state index in [0.717, 1.165) is 66.6 Å². The average Bonchev–Trinajstić information content (AvgIpc) is 3.02. The van der Waals surface area contributed by atoms with E-state index in [4.69, 9.17) is 11.6 Å². The molecule has 2 heterocycles. The molecule has 0 fully saturated rings. The lowest BCUT2D eigenvalue weighted by atomic mass is 10.1. The van der Waals surface area contributed by atoms with Gasteiger partial charge in [-0.15, -0.1) is 10.2 Å². The summed E-state index contributed by atoms with van der Waals surface area (Å²) in [6.07, 6.45) is 4.08. The first-order valence-electron chi connectivity index (χ1n) is 10.5. The first-order valence-corrected chi connectivity index (χ1v) is 12.3. The molecular weight excluding hydrogens is 469 g/mol.